The Morgan fingerprint density at radius 2 is 2.11 bits per heavy atom. The molecule has 0 spiro atoms. The van der Waals surface area contributed by atoms with Crippen molar-refractivity contribution in [2.75, 3.05) is 31.1 Å². The number of nitrogens with zero attached hydrogens (tertiary/aromatic N) is 4. The van der Waals surface area contributed by atoms with Crippen molar-refractivity contribution in [1.82, 2.24) is 19.9 Å². The third-order valence-corrected chi connectivity index (χ3v) is 5.06. The average Bonchev–Trinajstić information content (AvgIpc) is 2.83. The minimum atomic E-state index is -0.519. The van der Waals surface area contributed by atoms with Crippen LogP contribution in [0.5, 0.6) is 0 Å². The second kappa shape index (κ2) is 5.81. The molecule has 0 unspecified atom stereocenters. The van der Waals surface area contributed by atoms with Crippen molar-refractivity contribution >= 4 is 11.8 Å². The zero-order valence-electron chi connectivity index (χ0n) is 11.3. The van der Waals surface area contributed by atoms with Crippen LogP contribution in [0.4, 0.5) is 0 Å². The Kier molecular flexibility index (Phi) is 4.10. The van der Waals surface area contributed by atoms with Crippen LogP contribution >= 0.6 is 11.8 Å². The van der Waals surface area contributed by atoms with Gasteiger partial charge in [0.2, 0.25) is 0 Å². The predicted molar refractivity (Wildman–Crippen MR) is 76.3 cm³/mol. The minimum Gasteiger partial charge on any atom is -0.388 e. The average molecular weight is 282 g/mol. The first kappa shape index (κ1) is 13.4. The van der Waals surface area contributed by atoms with E-state index in [0.29, 0.717) is 6.54 Å². The van der Waals surface area contributed by atoms with Gasteiger partial charge in [0.1, 0.15) is 0 Å². The Balaban J connectivity index is 1.47. The quantitative estimate of drug-likeness (QED) is 0.865. The summed E-state index contributed by atoms with van der Waals surface area (Å²) >= 11 is 2.04. The highest BCUT2D eigenvalue weighted by Crippen LogP contribution is 2.32. The minimum absolute atomic E-state index is 0.519. The van der Waals surface area contributed by atoms with Crippen LogP contribution < -0.4 is 0 Å². The second-order valence-electron chi connectivity index (χ2n) is 5.69. The van der Waals surface area contributed by atoms with Crippen molar-refractivity contribution in [2.45, 2.75) is 37.8 Å². The monoisotopic (exact) mass is 282 g/mol. The van der Waals surface area contributed by atoms with Gasteiger partial charge in [0.25, 0.3) is 0 Å². The Hall–Kier alpha value is -0.590. The molecule has 1 aliphatic carbocycles. The van der Waals surface area contributed by atoms with Crippen LogP contribution in [0.15, 0.2) is 6.20 Å². The first-order chi connectivity index (χ1) is 9.23. The van der Waals surface area contributed by atoms with Gasteiger partial charge < -0.3 is 10.0 Å². The molecule has 6 heteroatoms. The molecule has 1 saturated carbocycles. The fourth-order valence-corrected chi connectivity index (χ4v) is 3.65. The Morgan fingerprint density at radius 3 is 2.79 bits per heavy atom. The summed E-state index contributed by atoms with van der Waals surface area (Å²) in [5.74, 6) is 2.50. The SMILES string of the molecule is OC1(Cn2cc(CCN3CCSCC3)nn2)CCC1. The van der Waals surface area contributed by atoms with Gasteiger partial charge in [-0.1, -0.05) is 5.21 Å². The fourth-order valence-electron chi connectivity index (χ4n) is 2.67. The van der Waals surface area contributed by atoms with E-state index in [1.165, 1.54) is 24.6 Å². The molecule has 0 radical (unpaired) electrons. The zero-order chi connectivity index (χ0) is 13.1. The van der Waals surface area contributed by atoms with Crippen LogP contribution in [0.25, 0.3) is 0 Å². The molecule has 0 bridgehead atoms. The first-order valence-corrected chi connectivity index (χ1v) is 8.31. The highest BCUT2D eigenvalue weighted by atomic mass is 32.2. The summed E-state index contributed by atoms with van der Waals surface area (Å²) in [6, 6.07) is 0. The number of aliphatic hydroxyl groups is 1. The van der Waals surface area contributed by atoms with Crippen LogP contribution in [0.3, 0.4) is 0 Å². The third kappa shape index (κ3) is 3.49. The summed E-state index contributed by atoms with van der Waals surface area (Å²) in [5, 5.41) is 18.5. The predicted octanol–water partition coefficient (Wildman–Crippen LogP) is 0.784. The number of aromatic nitrogens is 3. The summed E-state index contributed by atoms with van der Waals surface area (Å²) in [6.45, 7) is 4.06. The lowest BCUT2D eigenvalue weighted by Gasteiger charge is -2.36. The molecule has 2 fully saturated rings. The smallest absolute Gasteiger partial charge is 0.0843 e. The molecule has 2 heterocycles. The van der Waals surface area contributed by atoms with E-state index in [9.17, 15) is 5.11 Å². The van der Waals surface area contributed by atoms with Crippen molar-refractivity contribution in [3.05, 3.63) is 11.9 Å². The standard InChI is InChI=1S/C13H22N4OS/c18-13(3-1-4-13)11-17-10-12(14-15-17)2-5-16-6-8-19-9-7-16/h10,18H,1-9,11H2. The number of rotatable bonds is 5. The molecule has 1 aromatic heterocycles. The summed E-state index contributed by atoms with van der Waals surface area (Å²) in [7, 11) is 0. The highest BCUT2D eigenvalue weighted by Gasteiger charge is 2.35. The first-order valence-electron chi connectivity index (χ1n) is 7.15. The summed E-state index contributed by atoms with van der Waals surface area (Å²) < 4.78 is 1.81. The third-order valence-electron chi connectivity index (χ3n) is 4.11. The van der Waals surface area contributed by atoms with Gasteiger partial charge in [-0.3, -0.25) is 0 Å². The molecular weight excluding hydrogens is 260 g/mol. The van der Waals surface area contributed by atoms with Crippen molar-refractivity contribution < 1.29 is 5.11 Å². The van der Waals surface area contributed by atoms with Gasteiger partial charge in [0.15, 0.2) is 0 Å². The Labute approximate surface area is 118 Å². The molecule has 1 saturated heterocycles. The summed E-state index contributed by atoms with van der Waals surface area (Å²) in [6.07, 6.45) is 5.88. The maximum Gasteiger partial charge on any atom is 0.0843 e. The molecule has 19 heavy (non-hydrogen) atoms. The van der Waals surface area contributed by atoms with Gasteiger partial charge in [-0.05, 0) is 19.3 Å². The molecule has 106 valence electrons. The number of hydrogen-bond donors (Lipinski definition) is 1. The van der Waals surface area contributed by atoms with Gasteiger partial charge in [-0.2, -0.15) is 11.8 Å². The van der Waals surface area contributed by atoms with Gasteiger partial charge in [-0.25, -0.2) is 4.68 Å². The lowest BCUT2D eigenvalue weighted by atomic mass is 9.80. The lowest BCUT2D eigenvalue weighted by Crippen LogP contribution is -2.41. The van der Waals surface area contributed by atoms with E-state index in [4.69, 9.17) is 0 Å². The second-order valence-corrected chi connectivity index (χ2v) is 6.91. The van der Waals surface area contributed by atoms with E-state index < -0.39 is 5.60 Å². The van der Waals surface area contributed by atoms with E-state index in [-0.39, 0.29) is 0 Å². The summed E-state index contributed by atoms with van der Waals surface area (Å²) in [4.78, 5) is 2.50. The van der Waals surface area contributed by atoms with Crippen molar-refractivity contribution in [1.29, 1.82) is 0 Å². The van der Waals surface area contributed by atoms with Crippen LogP contribution in [-0.2, 0) is 13.0 Å². The van der Waals surface area contributed by atoms with Gasteiger partial charge >= 0.3 is 0 Å². The molecular formula is C13H22N4OS. The van der Waals surface area contributed by atoms with Crippen LogP contribution in [-0.4, -0.2) is 61.7 Å². The molecule has 0 atom stereocenters. The molecule has 1 aliphatic heterocycles. The number of hydrogen-bond acceptors (Lipinski definition) is 5. The van der Waals surface area contributed by atoms with Crippen LogP contribution in [0.2, 0.25) is 0 Å². The van der Waals surface area contributed by atoms with E-state index in [1.54, 1.807) is 4.68 Å². The van der Waals surface area contributed by atoms with Crippen LogP contribution in [0.1, 0.15) is 25.0 Å². The molecule has 1 aromatic rings. The van der Waals surface area contributed by atoms with Gasteiger partial charge in [0.05, 0.1) is 17.8 Å². The molecule has 0 aromatic carbocycles. The van der Waals surface area contributed by atoms with Gasteiger partial charge in [-0.15, -0.1) is 5.10 Å². The van der Waals surface area contributed by atoms with Crippen molar-refractivity contribution in [2.24, 2.45) is 0 Å². The maximum atomic E-state index is 10.1. The largest absolute Gasteiger partial charge is 0.388 e. The Morgan fingerprint density at radius 1 is 1.32 bits per heavy atom. The fraction of sp³-hybridized carbons (Fsp3) is 0.846. The molecule has 5 nitrogen and oxygen atoms in total. The summed E-state index contributed by atoms with van der Waals surface area (Å²) in [5.41, 5.74) is 0.524. The normalized spacial score (nSPS) is 23.2. The van der Waals surface area contributed by atoms with Gasteiger partial charge in [0, 0.05) is 43.8 Å². The van der Waals surface area contributed by atoms with E-state index in [0.717, 1.165) is 37.9 Å². The van der Waals surface area contributed by atoms with Crippen LogP contribution in [0, 0.1) is 0 Å². The van der Waals surface area contributed by atoms with E-state index >= 15 is 0 Å². The van der Waals surface area contributed by atoms with Crippen molar-refractivity contribution in [3.63, 3.8) is 0 Å². The van der Waals surface area contributed by atoms with E-state index in [1.807, 2.05) is 18.0 Å². The molecule has 1 N–H and O–H groups in total. The Bertz CT molecular complexity index is 413. The maximum absolute atomic E-state index is 10.1. The van der Waals surface area contributed by atoms with E-state index in [2.05, 4.69) is 15.2 Å². The molecule has 2 aliphatic rings. The lowest BCUT2D eigenvalue weighted by molar-refractivity contribution is -0.0501. The zero-order valence-corrected chi connectivity index (χ0v) is 12.1. The molecule has 0 amide bonds. The van der Waals surface area contributed by atoms with Crippen molar-refractivity contribution in [3.8, 4) is 0 Å². The topological polar surface area (TPSA) is 54.2 Å². The highest BCUT2D eigenvalue weighted by molar-refractivity contribution is 7.99. The molecule has 3 rings (SSSR count). The number of thioether (sulfide) groups is 1.